The Morgan fingerprint density at radius 3 is 2.68 bits per heavy atom. The molecular formula is C18H26N4. The first-order valence-electron chi connectivity index (χ1n) is 8.11. The minimum atomic E-state index is 0.717. The summed E-state index contributed by atoms with van der Waals surface area (Å²) < 4.78 is 0. The van der Waals surface area contributed by atoms with Gasteiger partial charge in [0.25, 0.3) is 0 Å². The lowest BCUT2D eigenvalue weighted by Gasteiger charge is -2.18. The van der Waals surface area contributed by atoms with Crippen molar-refractivity contribution in [2.45, 2.75) is 32.6 Å². The fourth-order valence-electron chi connectivity index (χ4n) is 2.29. The summed E-state index contributed by atoms with van der Waals surface area (Å²) in [6, 6.07) is 12.5. The van der Waals surface area contributed by atoms with Gasteiger partial charge in [0.15, 0.2) is 0 Å². The van der Waals surface area contributed by atoms with Crippen molar-refractivity contribution in [3.8, 4) is 0 Å². The van der Waals surface area contributed by atoms with Crippen LogP contribution in [0.5, 0.6) is 0 Å². The van der Waals surface area contributed by atoms with Crippen LogP contribution in [0.25, 0.3) is 0 Å². The van der Waals surface area contributed by atoms with Gasteiger partial charge in [-0.2, -0.15) is 4.98 Å². The molecule has 1 heterocycles. The van der Waals surface area contributed by atoms with E-state index in [1.54, 1.807) is 0 Å². The molecule has 1 aromatic carbocycles. The lowest BCUT2D eigenvalue weighted by atomic mass is 10.1. The normalized spacial score (nSPS) is 10.5. The highest BCUT2D eigenvalue weighted by molar-refractivity contribution is 5.41. The number of rotatable bonds is 9. The van der Waals surface area contributed by atoms with Crippen molar-refractivity contribution in [1.82, 2.24) is 9.97 Å². The molecule has 0 spiro atoms. The van der Waals surface area contributed by atoms with Crippen LogP contribution < -0.4 is 10.2 Å². The summed E-state index contributed by atoms with van der Waals surface area (Å²) in [5.74, 6) is 1.70. The van der Waals surface area contributed by atoms with Crippen molar-refractivity contribution < 1.29 is 0 Å². The Labute approximate surface area is 133 Å². The zero-order valence-corrected chi connectivity index (χ0v) is 13.6. The van der Waals surface area contributed by atoms with E-state index in [0.29, 0.717) is 5.95 Å². The van der Waals surface area contributed by atoms with Gasteiger partial charge in [-0.3, -0.25) is 0 Å². The third kappa shape index (κ3) is 5.35. The van der Waals surface area contributed by atoms with Crippen molar-refractivity contribution in [3.63, 3.8) is 0 Å². The Morgan fingerprint density at radius 2 is 1.91 bits per heavy atom. The molecule has 118 valence electrons. The average Bonchev–Trinajstić information content (AvgIpc) is 2.58. The van der Waals surface area contributed by atoms with E-state index in [1.165, 1.54) is 18.4 Å². The second-order valence-corrected chi connectivity index (χ2v) is 5.53. The summed E-state index contributed by atoms with van der Waals surface area (Å²) in [4.78, 5) is 11.1. The summed E-state index contributed by atoms with van der Waals surface area (Å²) >= 11 is 0. The zero-order valence-electron chi connectivity index (χ0n) is 13.6. The van der Waals surface area contributed by atoms with E-state index in [2.05, 4.69) is 64.5 Å². The predicted octanol–water partition coefficient (Wildman–Crippen LogP) is 3.76. The Balaban J connectivity index is 1.78. The summed E-state index contributed by atoms with van der Waals surface area (Å²) in [5, 5.41) is 3.32. The van der Waals surface area contributed by atoms with Gasteiger partial charge in [-0.15, -0.1) is 0 Å². The maximum atomic E-state index is 4.57. The molecule has 0 saturated carbocycles. The second-order valence-electron chi connectivity index (χ2n) is 5.53. The van der Waals surface area contributed by atoms with Crippen LogP contribution in [-0.4, -0.2) is 30.1 Å². The number of aromatic nitrogens is 2. The van der Waals surface area contributed by atoms with Crippen LogP contribution in [0.2, 0.25) is 0 Å². The number of hydrogen-bond acceptors (Lipinski definition) is 4. The molecule has 0 aliphatic carbocycles. The van der Waals surface area contributed by atoms with E-state index in [1.807, 2.05) is 12.3 Å². The van der Waals surface area contributed by atoms with Crippen LogP contribution in [0, 0.1) is 0 Å². The minimum absolute atomic E-state index is 0.717. The van der Waals surface area contributed by atoms with Crippen LogP contribution in [0.4, 0.5) is 11.8 Å². The number of anilines is 2. The van der Waals surface area contributed by atoms with E-state index in [-0.39, 0.29) is 0 Å². The third-order valence-electron chi connectivity index (χ3n) is 3.65. The summed E-state index contributed by atoms with van der Waals surface area (Å²) in [6.45, 7) is 4.12. The first-order valence-corrected chi connectivity index (χ1v) is 8.11. The lowest BCUT2D eigenvalue weighted by Crippen LogP contribution is -2.20. The second kappa shape index (κ2) is 9.03. The van der Waals surface area contributed by atoms with E-state index in [0.717, 1.165) is 31.7 Å². The molecule has 0 atom stereocenters. The molecular weight excluding hydrogens is 272 g/mol. The van der Waals surface area contributed by atoms with Gasteiger partial charge in [0, 0.05) is 26.3 Å². The lowest BCUT2D eigenvalue weighted by molar-refractivity contribution is 0.758. The summed E-state index contributed by atoms with van der Waals surface area (Å²) in [7, 11) is 2.08. The Hall–Kier alpha value is -2.10. The zero-order chi connectivity index (χ0) is 15.6. The van der Waals surface area contributed by atoms with Crippen LogP contribution in [-0.2, 0) is 6.42 Å². The molecule has 0 saturated heterocycles. The van der Waals surface area contributed by atoms with Gasteiger partial charge >= 0.3 is 0 Å². The number of nitrogens with zero attached hydrogens (tertiary/aromatic N) is 3. The van der Waals surface area contributed by atoms with Crippen molar-refractivity contribution in [3.05, 3.63) is 48.2 Å². The van der Waals surface area contributed by atoms with Gasteiger partial charge in [0.05, 0.1) is 0 Å². The molecule has 4 nitrogen and oxygen atoms in total. The van der Waals surface area contributed by atoms with Crippen molar-refractivity contribution in [2.75, 3.05) is 30.4 Å². The topological polar surface area (TPSA) is 41.1 Å². The SMILES string of the molecule is CCCCN(C)c1ccnc(NCCCc2ccccc2)n1. The number of nitrogens with one attached hydrogen (secondary N) is 1. The molecule has 0 bridgehead atoms. The van der Waals surface area contributed by atoms with E-state index in [9.17, 15) is 0 Å². The Kier molecular flexibility index (Phi) is 6.68. The molecule has 1 N–H and O–H groups in total. The van der Waals surface area contributed by atoms with Crippen LogP contribution in [0.15, 0.2) is 42.6 Å². The van der Waals surface area contributed by atoms with Gasteiger partial charge in [-0.05, 0) is 30.9 Å². The first kappa shape index (κ1) is 16.3. The molecule has 0 fully saturated rings. The molecule has 0 unspecified atom stereocenters. The number of benzene rings is 1. The fourth-order valence-corrected chi connectivity index (χ4v) is 2.29. The monoisotopic (exact) mass is 298 g/mol. The molecule has 0 aliphatic rings. The van der Waals surface area contributed by atoms with Gasteiger partial charge in [-0.25, -0.2) is 4.98 Å². The Bertz CT molecular complexity index is 542. The number of unbranched alkanes of at least 4 members (excludes halogenated alkanes) is 1. The summed E-state index contributed by atoms with van der Waals surface area (Å²) in [6.07, 6.45) is 6.35. The van der Waals surface area contributed by atoms with E-state index >= 15 is 0 Å². The number of hydrogen-bond donors (Lipinski definition) is 1. The largest absolute Gasteiger partial charge is 0.360 e. The van der Waals surface area contributed by atoms with Crippen molar-refractivity contribution in [1.29, 1.82) is 0 Å². The molecule has 0 amide bonds. The van der Waals surface area contributed by atoms with Gasteiger partial charge in [0.2, 0.25) is 5.95 Å². The van der Waals surface area contributed by atoms with Gasteiger partial charge in [0.1, 0.15) is 5.82 Å². The average molecular weight is 298 g/mol. The van der Waals surface area contributed by atoms with Crippen LogP contribution >= 0.6 is 0 Å². The standard InChI is InChI=1S/C18H26N4/c1-3-4-15-22(2)17-12-14-20-18(21-17)19-13-8-11-16-9-6-5-7-10-16/h5-7,9-10,12,14H,3-4,8,11,13,15H2,1-2H3,(H,19,20,21). The smallest absolute Gasteiger partial charge is 0.224 e. The van der Waals surface area contributed by atoms with Gasteiger partial charge < -0.3 is 10.2 Å². The molecule has 0 aliphatic heterocycles. The molecule has 2 rings (SSSR count). The maximum Gasteiger partial charge on any atom is 0.224 e. The maximum absolute atomic E-state index is 4.57. The predicted molar refractivity (Wildman–Crippen MR) is 93.5 cm³/mol. The summed E-state index contributed by atoms with van der Waals surface area (Å²) in [5.41, 5.74) is 1.37. The minimum Gasteiger partial charge on any atom is -0.360 e. The Morgan fingerprint density at radius 1 is 1.09 bits per heavy atom. The molecule has 22 heavy (non-hydrogen) atoms. The molecule has 1 aromatic heterocycles. The third-order valence-corrected chi connectivity index (χ3v) is 3.65. The van der Waals surface area contributed by atoms with Gasteiger partial charge in [-0.1, -0.05) is 43.7 Å². The van der Waals surface area contributed by atoms with E-state index < -0.39 is 0 Å². The highest BCUT2D eigenvalue weighted by Gasteiger charge is 2.03. The number of aryl methyl sites for hydroxylation is 1. The van der Waals surface area contributed by atoms with Crippen molar-refractivity contribution >= 4 is 11.8 Å². The fraction of sp³-hybridized carbons (Fsp3) is 0.444. The molecule has 2 aromatic rings. The first-order chi connectivity index (χ1) is 10.8. The quantitative estimate of drug-likeness (QED) is 0.716. The molecule has 4 heteroatoms. The highest BCUT2D eigenvalue weighted by Crippen LogP contribution is 2.11. The van der Waals surface area contributed by atoms with Crippen LogP contribution in [0.3, 0.4) is 0 Å². The highest BCUT2D eigenvalue weighted by atomic mass is 15.2. The van der Waals surface area contributed by atoms with Crippen molar-refractivity contribution in [2.24, 2.45) is 0 Å². The van der Waals surface area contributed by atoms with E-state index in [4.69, 9.17) is 0 Å². The van der Waals surface area contributed by atoms with Crippen LogP contribution in [0.1, 0.15) is 31.7 Å². The molecule has 0 radical (unpaired) electrons.